The van der Waals surface area contributed by atoms with Crippen molar-refractivity contribution < 1.29 is 29.0 Å². The summed E-state index contributed by atoms with van der Waals surface area (Å²) in [6, 6.07) is 8.39. The summed E-state index contributed by atoms with van der Waals surface area (Å²) in [5.74, 6) is -2.63. The van der Waals surface area contributed by atoms with Crippen molar-refractivity contribution in [1.82, 2.24) is 5.32 Å². The lowest BCUT2D eigenvalue weighted by Crippen LogP contribution is -2.46. The Morgan fingerprint density at radius 1 is 0.971 bits per heavy atom. The predicted molar refractivity (Wildman–Crippen MR) is 139 cm³/mol. The van der Waals surface area contributed by atoms with E-state index in [4.69, 9.17) is 4.74 Å². The summed E-state index contributed by atoms with van der Waals surface area (Å²) in [5, 5.41) is 12.5. The number of hydrogen-bond acceptors (Lipinski definition) is 6. The lowest BCUT2D eigenvalue weighted by atomic mass is 9.89. The van der Waals surface area contributed by atoms with E-state index in [1.807, 2.05) is 64.3 Å². The van der Waals surface area contributed by atoms with E-state index in [-0.39, 0.29) is 42.8 Å². The van der Waals surface area contributed by atoms with Gasteiger partial charge in [-0.25, -0.2) is 0 Å². The lowest BCUT2D eigenvalue weighted by molar-refractivity contribution is -0.148. The number of ether oxygens (including phenoxy) is 1. The van der Waals surface area contributed by atoms with Gasteiger partial charge in [0.15, 0.2) is 5.78 Å². The number of carbonyl (C=O) groups is 4. The Morgan fingerprint density at radius 3 is 2.17 bits per heavy atom. The Labute approximate surface area is 213 Å². The summed E-state index contributed by atoms with van der Waals surface area (Å²) in [6.07, 6.45) is 2.83. The van der Waals surface area contributed by atoms with Gasteiger partial charge < -0.3 is 15.2 Å². The first kappa shape index (κ1) is 30.7. The van der Waals surface area contributed by atoms with Crippen molar-refractivity contribution in [1.29, 1.82) is 0 Å². The molecule has 0 fully saturated rings. The van der Waals surface area contributed by atoms with Gasteiger partial charge in [0.25, 0.3) is 0 Å². The van der Waals surface area contributed by atoms with Crippen molar-refractivity contribution in [3.63, 3.8) is 0 Å². The number of benzene rings is 1. The molecule has 3 unspecified atom stereocenters. The molecule has 0 aliphatic carbocycles. The highest BCUT2D eigenvalue weighted by molar-refractivity contribution is 7.98. The molecule has 35 heavy (non-hydrogen) atoms. The molecule has 0 spiro atoms. The van der Waals surface area contributed by atoms with E-state index in [2.05, 4.69) is 5.32 Å². The fraction of sp³-hybridized carbons (Fsp3) is 0.630. The van der Waals surface area contributed by atoms with Crippen LogP contribution in [0.1, 0.15) is 58.9 Å². The molecule has 3 atom stereocenters. The fourth-order valence-electron chi connectivity index (χ4n) is 3.67. The van der Waals surface area contributed by atoms with Gasteiger partial charge in [-0.15, -0.1) is 0 Å². The van der Waals surface area contributed by atoms with Gasteiger partial charge >= 0.3 is 11.9 Å². The smallest absolute Gasteiger partial charge is 0.307 e. The van der Waals surface area contributed by atoms with E-state index in [1.165, 1.54) is 0 Å². The number of carboxylic acid groups (broad SMARTS) is 1. The first-order valence-corrected chi connectivity index (χ1v) is 13.7. The number of amides is 1. The second kappa shape index (κ2) is 16.3. The summed E-state index contributed by atoms with van der Waals surface area (Å²) in [7, 11) is 0. The summed E-state index contributed by atoms with van der Waals surface area (Å²) in [4.78, 5) is 50.5. The first-order chi connectivity index (χ1) is 16.5. The normalized spacial score (nSPS) is 13.8. The number of rotatable bonds is 17. The van der Waals surface area contributed by atoms with Crippen LogP contribution in [0.2, 0.25) is 0 Å². The van der Waals surface area contributed by atoms with Gasteiger partial charge in [0.05, 0.1) is 25.0 Å². The van der Waals surface area contributed by atoms with Crippen molar-refractivity contribution in [2.75, 3.05) is 18.6 Å². The molecule has 0 aliphatic rings. The maximum absolute atomic E-state index is 13.2. The van der Waals surface area contributed by atoms with Crippen LogP contribution in [0.15, 0.2) is 30.3 Å². The zero-order chi connectivity index (χ0) is 26.4. The number of carboxylic acids is 1. The molecule has 7 nitrogen and oxygen atoms in total. The molecule has 1 amide bonds. The van der Waals surface area contributed by atoms with Crippen LogP contribution in [0.25, 0.3) is 0 Å². The molecule has 0 aromatic heterocycles. The molecule has 0 bridgehead atoms. The minimum atomic E-state index is -1.04. The second-order valence-corrected chi connectivity index (χ2v) is 10.8. The highest BCUT2D eigenvalue weighted by atomic mass is 32.2. The average Bonchev–Trinajstić information content (AvgIpc) is 2.79. The van der Waals surface area contributed by atoms with E-state index in [0.717, 1.165) is 5.56 Å². The van der Waals surface area contributed by atoms with Gasteiger partial charge in [-0.1, -0.05) is 58.0 Å². The Balaban J connectivity index is 2.92. The van der Waals surface area contributed by atoms with E-state index in [0.29, 0.717) is 25.2 Å². The molecule has 8 heteroatoms. The molecule has 0 saturated heterocycles. The summed E-state index contributed by atoms with van der Waals surface area (Å²) in [5.41, 5.74) is 0.842. The van der Waals surface area contributed by atoms with Crippen LogP contribution in [-0.2, 0) is 30.3 Å². The van der Waals surface area contributed by atoms with Crippen LogP contribution < -0.4 is 5.32 Å². The number of thioether (sulfide) groups is 1. The first-order valence-electron chi connectivity index (χ1n) is 12.3. The van der Waals surface area contributed by atoms with Gasteiger partial charge in [0.1, 0.15) is 0 Å². The Bertz CT molecular complexity index is 811. The van der Waals surface area contributed by atoms with Crippen LogP contribution in [0, 0.1) is 23.7 Å². The van der Waals surface area contributed by atoms with E-state index in [1.54, 1.807) is 11.8 Å². The number of hydrogen-bond donors (Lipinski definition) is 2. The number of aliphatic carboxylic acids is 1. The number of Topliss-reactive ketones (excluding diaryl/α,β-unsaturated/α-hetero) is 1. The topological polar surface area (TPSA) is 110 Å². The number of nitrogens with one attached hydrogen (secondary N) is 1. The summed E-state index contributed by atoms with van der Waals surface area (Å²) < 4.78 is 5.26. The zero-order valence-electron chi connectivity index (χ0n) is 21.6. The quantitative estimate of drug-likeness (QED) is 0.301. The van der Waals surface area contributed by atoms with Crippen LogP contribution >= 0.6 is 11.8 Å². The summed E-state index contributed by atoms with van der Waals surface area (Å²) in [6.45, 7) is 8.06. The minimum Gasteiger partial charge on any atom is -0.481 e. The van der Waals surface area contributed by atoms with Gasteiger partial charge in [0.2, 0.25) is 5.91 Å². The van der Waals surface area contributed by atoms with Crippen LogP contribution in [0.5, 0.6) is 0 Å². The zero-order valence-corrected chi connectivity index (χ0v) is 22.4. The fourth-order valence-corrected chi connectivity index (χ4v) is 4.19. The molecule has 0 radical (unpaired) electrons. The molecule has 2 N–H and O–H groups in total. The standard InChI is InChI=1S/C27H41NO6S/c1-18(2)13-23(24(29)15-22(27(32)33)14-20-9-7-6-8-10-20)28-26(31)21(11-12-35-5)16-25(30)34-17-19(3)4/h6-10,18-19,21-23H,11-17H2,1-5H3,(H,28,31)(H,32,33). The Morgan fingerprint density at radius 2 is 1.63 bits per heavy atom. The van der Waals surface area contributed by atoms with Gasteiger partial charge in [-0.05, 0) is 48.7 Å². The van der Waals surface area contributed by atoms with Gasteiger partial charge in [0, 0.05) is 12.3 Å². The van der Waals surface area contributed by atoms with Gasteiger partial charge in [-0.2, -0.15) is 11.8 Å². The molecular formula is C27H41NO6S. The number of esters is 1. The summed E-state index contributed by atoms with van der Waals surface area (Å²) >= 11 is 1.58. The Kier molecular flexibility index (Phi) is 14.3. The van der Waals surface area contributed by atoms with Crippen LogP contribution in [-0.4, -0.2) is 53.4 Å². The third-order valence-corrected chi connectivity index (χ3v) is 6.21. The van der Waals surface area contributed by atoms with Crippen molar-refractivity contribution in [3.8, 4) is 0 Å². The number of ketones is 1. The van der Waals surface area contributed by atoms with Crippen molar-refractivity contribution >= 4 is 35.4 Å². The van der Waals surface area contributed by atoms with Crippen LogP contribution in [0.3, 0.4) is 0 Å². The maximum atomic E-state index is 13.2. The molecule has 0 aliphatic heterocycles. The monoisotopic (exact) mass is 507 g/mol. The average molecular weight is 508 g/mol. The third kappa shape index (κ3) is 12.8. The van der Waals surface area contributed by atoms with Crippen LogP contribution in [0.4, 0.5) is 0 Å². The van der Waals surface area contributed by atoms with Crippen molar-refractivity contribution in [3.05, 3.63) is 35.9 Å². The second-order valence-electron chi connectivity index (χ2n) is 9.85. The van der Waals surface area contributed by atoms with Crippen molar-refractivity contribution in [2.45, 2.75) is 65.8 Å². The predicted octanol–water partition coefficient (Wildman–Crippen LogP) is 4.38. The maximum Gasteiger partial charge on any atom is 0.307 e. The highest BCUT2D eigenvalue weighted by Gasteiger charge is 2.31. The largest absolute Gasteiger partial charge is 0.481 e. The minimum absolute atomic E-state index is 0.0482. The SMILES string of the molecule is CSCCC(CC(=O)OCC(C)C)C(=O)NC(CC(C)C)C(=O)CC(Cc1ccccc1)C(=O)O. The molecule has 1 aromatic rings. The van der Waals surface area contributed by atoms with Crippen molar-refractivity contribution in [2.24, 2.45) is 23.7 Å². The molecule has 0 heterocycles. The molecule has 196 valence electrons. The molecule has 0 saturated carbocycles. The van der Waals surface area contributed by atoms with Gasteiger partial charge in [-0.3, -0.25) is 19.2 Å². The molecule has 1 rings (SSSR count). The lowest BCUT2D eigenvalue weighted by Gasteiger charge is -2.24. The van der Waals surface area contributed by atoms with E-state index in [9.17, 15) is 24.3 Å². The van der Waals surface area contributed by atoms with E-state index >= 15 is 0 Å². The number of carbonyl (C=O) groups excluding carboxylic acids is 3. The Hall–Kier alpha value is -2.35. The third-order valence-electron chi connectivity index (χ3n) is 5.57. The highest BCUT2D eigenvalue weighted by Crippen LogP contribution is 2.19. The molecule has 1 aromatic carbocycles. The molecular weight excluding hydrogens is 466 g/mol. The van der Waals surface area contributed by atoms with E-state index < -0.39 is 29.8 Å².